The van der Waals surface area contributed by atoms with Gasteiger partial charge in [-0.25, -0.2) is 0 Å². The molecule has 0 atom stereocenters. The summed E-state index contributed by atoms with van der Waals surface area (Å²) in [4.78, 5) is 4.83. The number of hydrogen-bond donors (Lipinski definition) is 1. The number of hydrogen-bond acceptors (Lipinski definition) is 4. The largest absolute Gasteiger partial charge is 0.490 e. The van der Waals surface area contributed by atoms with Crippen LogP contribution in [-0.2, 0) is 11.4 Å². The highest BCUT2D eigenvalue weighted by Gasteiger charge is 2.13. The molecule has 0 amide bonds. The molecule has 1 aromatic carbocycles. The maximum atomic E-state index is 5.66. The Morgan fingerprint density at radius 3 is 2.94 bits per heavy atom. The van der Waals surface area contributed by atoms with Gasteiger partial charge in [0.25, 0.3) is 0 Å². The minimum atomic E-state index is 0.661. The van der Waals surface area contributed by atoms with Crippen molar-refractivity contribution in [3.8, 4) is 11.5 Å². The van der Waals surface area contributed by atoms with Gasteiger partial charge in [0, 0.05) is 13.0 Å². The van der Waals surface area contributed by atoms with Crippen molar-refractivity contribution >= 4 is 0 Å². The standard InChI is InChI=1S/C12H17NO3/c1-9-6-10(8-13-14-2)7-11-12(9)16-5-3-4-15-11/h6-7,13H,3-5,8H2,1-2H3. The van der Waals surface area contributed by atoms with Gasteiger partial charge in [0.05, 0.1) is 20.3 Å². The average molecular weight is 223 g/mol. The van der Waals surface area contributed by atoms with Crippen LogP contribution in [0.5, 0.6) is 11.5 Å². The average Bonchev–Trinajstić information content (AvgIpc) is 2.51. The number of rotatable bonds is 3. The summed E-state index contributed by atoms with van der Waals surface area (Å²) in [5, 5.41) is 0. The van der Waals surface area contributed by atoms with Crippen molar-refractivity contribution in [2.45, 2.75) is 19.9 Å². The predicted octanol–water partition coefficient (Wildman–Crippen LogP) is 1.81. The maximum absolute atomic E-state index is 5.66. The molecule has 0 saturated heterocycles. The fraction of sp³-hybridized carbons (Fsp3) is 0.500. The second-order valence-electron chi connectivity index (χ2n) is 3.82. The van der Waals surface area contributed by atoms with E-state index in [9.17, 15) is 0 Å². The molecule has 16 heavy (non-hydrogen) atoms. The van der Waals surface area contributed by atoms with Crippen molar-refractivity contribution < 1.29 is 14.3 Å². The zero-order chi connectivity index (χ0) is 11.4. The Morgan fingerprint density at radius 1 is 1.31 bits per heavy atom. The molecule has 4 nitrogen and oxygen atoms in total. The smallest absolute Gasteiger partial charge is 0.164 e. The van der Waals surface area contributed by atoms with Crippen molar-refractivity contribution in [2.75, 3.05) is 20.3 Å². The minimum Gasteiger partial charge on any atom is -0.490 e. The molecule has 0 unspecified atom stereocenters. The first-order valence-electron chi connectivity index (χ1n) is 5.46. The summed E-state index contributed by atoms with van der Waals surface area (Å²) >= 11 is 0. The number of ether oxygens (including phenoxy) is 2. The molecule has 0 aromatic heterocycles. The van der Waals surface area contributed by atoms with Crippen LogP contribution in [0.1, 0.15) is 17.5 Å². The van der Waals surface area contributed by atoms with Crippen molar-refractivity contribution in [1.82, 2.24) is 5.48 Å². The molecular formula is C12H17NO3. The van der Waals surface area contributed by atoms with E-state index in [2.05, 4.69) is 11.5 Å². The summed E-state index contributed by atoms with van der Waals surface area (Å²) in [6, 6.07) is 4.08. The predicted molar refractivity (Wildman–Crippen MR) is 60.6 cm³/mol. The highest BCUT2D eigenvalue weighted by molar-refractivity contribution is 5.49. The van der Waals surface area contributed by atoms with Gasteiger partial charge in [-0.3, -0.25) is 0 Å². The fourth-order valence-corrected chi connectivity index (χ4v) is 1.78. The molecule has 1 N–H and O–H groups in total. The van der Waals surface area contributed by atoms with E-state index in [0.29, 0.717) is 13.2 Å². The number of nitrogens with one attached hydrogen (secondary N) is 1. The summed E-state index contributed by atoms with van der Waals surface area (Å²) in [5.41, 5.74) is 5.05. The summed E-state index contributed by atoms with van der Waals surface area (Å²) in [6.45, 7) is 4.13. The maximum Gasteiger partial charge on any atom is 0.164 e. The molecule has 0 radical (unpaired) electrons. The minimum absolute atomic E-state index is 0.661. The van der Waals surface area contributed by atoms with Crippen LogP contribution < -0.4 is 15.0 Å². The molecule has 1 heterocycles. The Hall–Kier alpha value is -1.26. The molecule has 1 aliphatic rings. The molecule has 1 aromatic rings. The van der Waals surface area contributed by atoms with Crippen molar-refractivity contribution in [3.05, 3.63) is 23.3 Å². The number of hydroxylamine groups is 1. The lowest BCUT2D eigenvalue weighted by Crippen LogP contribution is -2.11. The summed E-state index contributed by atoms with van der Waals surface area (Å²) < 4.78 is 11.3. The Morgan fingerprint density at radius 2 is 2.12 bits per heavy atom. The molecule has 1 aliphatic heterocycles. The fourth-order valence-electron chi connectivity index (χ4n) is 1.78. The third-order valence-corrected chi connectivity index (χ3v) is 2.51. The van der Waals surface area contributed by atoms with Crippen molar-refractivity contribution in [3.63, 3.8) is 0 Å². The third kappa shape index (κ3) is 2.46. The number of fused-ring (bicyclic) bond motifs is 1. The van der Waals surface area contributed by atoms with Gasteiger partial charge in [0.2, 0.25) is 0 Å². The molecule has 0 aliphatic carbocycles. The van der Waals surface area contributed by atoms with Gasteiger partial charge in [-0.15, -0.1) is 0 Å². The van der Waals surface area contributed by atoms with E-state index in [-0.39, 0.29) is 0 Å². The molecule has 4 heteroatoms. The summed E-state index contributed by atoms with van der Waals surface area (Å²) in [6.07, 6.45) is 0.930. The summed E-state index contributed by atoms with van der Waals surface area (Å²) in [7, 11) is 1.61. The van der Waals surface area contributed by atoms with Crippen LogP contribution in [0.4, 0.5) is 0 Å². The van der Waals surface area contributed by atoms with Crippen LogP contribution in [0, 0.1) is 6.92 Å². The molecule has 88 valence electrons. The molecule has 0 bridgehead atoms. The molecular weight excluding hydrogens is 206 g/mol. The van der Waals surface area contributed by atoms with Gasteiger partial charge < -0.3 is 14.3 Å². The molecule has 0 fully saturated rings. The van der Waals surface area contributed by atoms with E-state index >= 15 is 0 Å². The normalized spacial score (nSPS) is 14.6. The Kier molecular flexibility index (Phi) is 3.64. The summed E-state index contributed by atoms with van der Waals surface area (Å²) in [5.74, 6) is 1.71. The highest BCUT2D eigenvalue weighted by atomic mass is 16.6. The monoisotopic (exact) mass is 223 g/mol. The van der Waals surface area contributed by atoms with Crippen molar-refractivity contribution in [2.24, 2.45) is 0 Å². The quantitative estimate of drug-likeness (QED) is 0.793. The van der Waals surface area contributed by atoms with Crippen LogP contribution in [0.2, 0.25) is 0 Å². The lowest BCUT2D eigenvalue weighted by Gasteiger charge is -2.12. The zero-order valence-corrected chi connectivity index (χ0v) is 9.71. The van der Waals surface area contributed by atoms with Crippen molar-refractivity contribution in [1.29, 1.82) is 0 Å². The van der Waals surface area contributed by atoms with Gasteiger partial charge in [0.1, 0.15) is 0 Å². The van der Waals surface area contributed by atoms with E-state index in [1.807, 2.05) is 13.0 Å². The van der Waals surface area contributed by atoms with Crippen LogP contribution in [-0.4, -0.2) is 20.3 Å². The lowest BCUT2D eigenvalue weighted by atomic mass is 10.1. The second-order valence-corrected chi connectivity index (χ2v) is 3.82. The molecule has 0 spiro atoms. The zero-order valence-electron chi connectivity index (χ0n) is 9.71. The van der Waals surface area contributed by atoms with E-state index in [4.69, 9.17) is 14.3 Å². The molecule has 2 rings (SSSR count). The van der Waals surface area contributed by atoms with Gasteiger partial charge in [-0.1, -0.05) is 6.07 Å². The van der Waals surface area contributed by atoms with E-state index in [1.54, 1.807) is 7.11 Å². The number of aryl methyl sites for hydroxylation is 1. The van der Waals surface area contributed by atoms with Gasteiger partial charge in [-0.2, -0.15) is 5.48 Å². The van der Waals surface area contributed by atoms with E-state index < -0.39 is 0 Å². The Balaban J connectivity index is 2.24. The third-order valence-electron chi connectivity index (χ3n) is 2.51. The van der Waals surface area contributed by atoms with E-state index in [0.717, 1.165) is 35.7 Å². The van der Waals surface area contributed by atoms with Crippen LogP contribution in [0.25, 0.3) is 0 Å². The van der Waals surface area contributed by atoms with Crippen LogP contribution in [0.15, 0.2) is 12.1 Å². The van der Waals surface area contributed by atoms with Crippen LogP contribution >= 0.6 is 0 Å². The molecule has 0 saturated carbocycles. The van der Waals surface area contributed by atoms with Gasteiger partial charge >= 0.3 is 0 Å². The van der Waals surface area contributed by atoms with Gasteiger partial charge in [0.15, 0.2) is 11.5 Å². The first kappa shape index (κ1) is 11.2. The second kappa shape index (κ2) is 5.18. The van der Waals surface area contributed by atoms with Crippen LogP contribution in [0.3, 0.4) is 0 Å². The first-order chi connectivity index (χ1) is 7.81. The number of benzene rings is 1. The van der Waals surface area contributed by atoms with E-state index in [1.165, 1.54) is 0 Å². The highest BCUT2D eigenvalue weighted by Crippen LogP contribution is 2.34. The first-order valence-corrected chi connectivity index (χ1v) is 5.46. The SMILES string of the molecule is CONCc1cc(C)c2c(c1)OCCCO2. The Labute approximate surface area is 95.5 Å². The lowest BCUT2D eigenvalue weighted by molar-refractivity contribution is 0.0866. The topological polar surface area (TPSA) is 39.7 Å². The van der Waals surface area contributed by atoms with Gasteiger partial charge in [-0.05, 0) is 24.1 Å². The Bertz CT molecular complexity index is 366.